The summed E-state index contributed by atoms with van der Waals surface area (Å²) in [5.74, 6) is -0.177. The fraction of sp³-hybridized carbons (Fsp3) is 0.0952. The number of esters is 1. The molecule has 0 spiro atoms. The number of hydrogen-bond donors (Lipinski definition) is 1. The number of imidazole rings is 1. The largest absolute Gasteiger partial charge is 0.451 e. The molecule has 27 heavy (non-hydrogen) atoms. The third-order valence-electron chi connectivity index (χ3n) is 4.21. The summed E-state index contributed by atoms with van der Waals surface area (Å²) in [6.45, 7) is 1.75. The highest BCUT2D eigenvalue weighted by atomic mass is 32.1. The van der Waals surface area contributed by atoms with Crippen molar-refractivity contribution < 1.29 is 14.3 Å². The predicted octanol–water partition coefficient (Wildman–Crippen LogP) is 4.77. The van der Waals surface area contributed by atoms with Gasteiger partial charge in [-0.3, -0.25) is 4.79 Å². The number of H-pyrrole nitrogens is 1. The van der Waals surface area contributed by atoms with E-state index in [1.54, 1.807) is 37.3 Å². The molecule has 0 unspecified atom stereocenters. The molecule has 5 nitrogen and oxygen atoms in total. The number of aromatic nitrogens is 2. The quantitative estimate of drug-likeness (QED) is 0.402. The van der Waals surface area contributed by atoms with E-state index in [9.17, 15) is 9.59 Å². The summed E-state index contributed by atoms with van der Waals surface area (Å²) in [7, 11) is 0. The highest BCUT2D eigenvalue weighted by Crippen LogP contribution is 2.23. The van der Waals surface area contributed by atoms with E-state index >= 15 is 0 Å². The van der Waals surface area contributed by atoms with Gasteiger partial charge in [-0.2, -0.15) is 0 Å². The third-order valence-corrected chi connectivity index (χ3v) is 5.08. The summed E-state index contributed by atoms with van der Waals surface area (Å²) in [4.78, 5) is 33.6. The summed E-state index contributed by atoms with van der Waals surface area (Å²) >= 11 is 1.34. The molecule has 0 bridgehead atoms. The Hall–Kier alpha value is -3.25. The molecule has 1 N–H and O–H groups in total. The van der Waals surface area contributed by atoms with Gasteiger partial charge >= 0.3 is 5.97 Å². The maximum absolute atomic E-state index is 12.7. The molecule has 0 radical (unpaired) electrons. The molecule has 2 aromatic carbocycles. The highest BCUT2D eigenvalue weighted by Gasteiger charge is 2.22. The molecule has 0 aliphatic rings. The van der Waals surface area contributed by atoms with E-state index in [1.807, 2.05) is 35.7 Å². The summed E-state index contributed by atoms with van der Waals surface area (Å²) in [6, 6.07) is 17.9. The van der Waals surface area contributed by atoms with Crippen molar-refractivity contribution >= 4 is 34.1 Å². The predicted molar refractivity (Wildman–Crippen MR) is 104 cm³/mol. The summed E-state index contributed by atoms with van der Waals surface area (Å²) in [5, 5.41) is 1.83. The van der Waals surface area contributed by atoms with E-state index in [2.05, 4.69) is 9.97 Å². The van der Waals surface area contributed by atoms with Crippen LogP contribution in [0.1, 0.15) is 44.4 Å². The van der Waals surface area contributed by atoms with Gasteiger partial charge in [0.25, 0.3) is 0 Å². The van der Waals surface area contributed by atoms with Crippen LogP contribution in [-0.2, 0) is 4.74 Å². The normalized spacial score (nSPS) is 12.0. The van der Waals surface area contributed by atoms with E-state index in [0.29, 0.717) is 16.3 Å². The number of fused-ring (bicyclic) bond motifs is 1. The zero-order chi connectivity index (χ0) is 18.8. The first kappa shape index (κ1) is 17.2. The van der Waals surface area contributed by atoms with Gasteiger partial charge in [-0.15, -0.1) is 11.3 Å². The van der Waals surface area contributed by atoms with Gasteiger partial charge in [0.15, 0.2) is 6.10 Å². The maximum Gasteiger partial charge on any atom is 0.339 e. The second-order valence-electron chi connectivity index (χ2n) is 6.04. The minimum atomic E-state index is -0.574. The minimum Gasteiger partial charge on any atom is -0.451 e. The zero-order valence-electron chi connectivity index (χ0n) is 14.5. The Balaban J connectivity index is 1.59. The van der Waals surface area contributed by atoms with Crippen LogP contribution in [0.5, 0.6) is 0 Å². The average molecular weight is 376 g/mol. The Bertz CT molecular complexity index is 1080. The first-order chi connectivity index (χ1) is 13.1. The van der Waals surface area contributed by atoms with Crippen LogP contribution in [0.15, 0.2) is 66.0 Å². The van der Waals surface area contributed by atoms with Crippen molar-refractivity contribution in [2.45, 2.75) is 13.0 Å². The van der Waals surface area contributed by atoms with E-state index in [0.717, 1.165) is 11.0 Å². The second kappa shape index (κ2) is 7.17. The molecule has 0 fully saturated rings. The zero-order valence-corrected chi connectivity index (χ0v) is 15.3. The molecule has 0 aliphatic carbocycles. The van der Waals surface area contributed by atoms with Crippen molar-refractivity contribution in [1.29, 1.82) is 0 Å². The van der Waals surface area contributed by atoms with Crippen LogP contribution in [0.4, 0.5) is 0 Å². The first-order valence-corrected chi connectivity index (χ1v) is 9.34. The number of aromatic amines is 1. The molecule has 0 aliphatic heterocycles. The lowest BCUT2D eigenvalue weighted by molar-refractivity contribution is 0.0320. The number of benzene rings is 2. The number of ether oxygens (including phenoxy) is 1. The van der Waals surface area contributed by atoms with E-state index in [-0.39, 0.29) is 11.3 Å². The molecule has 4 rings (SSSR count). The second-order valence-corrected chi connectivity index (χ2v) is 6.99. The SMILES string of the molecule is C[C@@H](OC(=O)c1ccccc1C(=O)c1cccs1)c1nc2ccccc2[nH]1. The lowest BCUT2D eigenvalue weighted by Gasteiger charge is -2.12. The van der Waals surface area contributed by atoms with Crippen LogP contribution in [0.25, 0.3) is 11.0 Å². The van der Waals surface area contributed by atoms with Gasteiger partial charge in [-0.05, 0) is 36.6 Å². The molecule has 2 heterocycles. The Morgan fingerprint density at radius 1 is 1.00 bits per heavy atom. The van der Waals surface area contributed by atoms with Gasteiger partial charge in [0, 0.05) is 5.56 Å². The van der Waals surface area contributed by atoms with Crippen molar-refractivity contribution in [3.63, 3.8) is 0 Å². The summed E-state index contributed by atoms with van der Waals surface area (Å²) in [5.41, 5.74) is 2.27. The van der Waals surface area contributed by atoms with Gasteiger partial charge in [0.2, 0.25) is 5.78 Å². The van der Waals surface area contributed by atoms with Crippen LogP contribution in [0, 0.1) is 0 Å². The molecule has 4 aromatic rings. The van der Waals surface area contributed by atoms with Crippen molar-refractivity contribution in [2.75, 3.05) is 0 Å². The van der Waals surface area contributed by atoms with Gasteiger partial charge in [0.1, 0.15) is 5.82 Å². The summed E-state index contributed by atoms with van der Waals surface area (Å²) < 4.78 is 5.58. The lowest BCUT2D eigenvalue weighted by atomic mass is 10.0. The monoisotopic (exact) mass is 376 g/mol. The Kier molecular flexibility index (Phi) is 4.56. The van der Waals surface area contributed by atoms with E-state index < -0.39 is 12.1 Å². The standard InChI is InChI=1S/C21H16N2O3S/c1-13(20-22-16-9-4-5-10-17(16)23-20)26-21(25)15-8-3-2-7-14(15)19(24)18-11-6-12-27-18/h2-13H,1H3,(H,22,23)/t13-/m1/s1. The Labute approximate surface area is 159 Å². The van der Waals surface area contributed by atoms with Crippen LogP contribution in [-0.4, -0.2) is 21.7 Å². The van der Waals surface area contributed by atoms with Crippen molar-refractivity contribution in [3.05, 3.63) is 87.9 Å². The minimum absolute atomic E-state index is 0.186. The molecule has 2 aromatic heterocycles. The van der Waals surface area contributed by atoms with Crippen LogP contribution >= 0.6 is 11.3 Å². The van der Waals surface area contributed by atoms with Crippen molar-refractivity contribution in [1.82, 2.24) is 9.97 Å². The van der Waals surface area contributed by atoms with Crippen molar-refractivity contribution in [2.24, 2.45) is 0 Å². The molecule has 1 atom stereocenters. The van der Waals surface area contributed by atoms with Crippen LogP contribution in [0.3, 0.4) is 0 Å². The lowest BCUT2D eigenvalue weighted by Crippen LogP contribution is -2.14. The van der Waals surface area contributed by atoms with Gasteiger partial charge in [-0.1, -0.05) is 36.4 Å². The number of hydrogen-bond acceptors (Lipinski definition) is 5. The molecular formula is C21H16N2O3S. The van der Waals surface area contributed by atoms with Gasteiger partial charge in [0.05, 0.1) is 21.5 Å². The molecule has 0 saturated carbocycles. The van der Waals surface area contributed by atoms with Gasteiger partial charge in [-0.25, -0.2) is 9.78 Å². The number of nitrogens with one attached hydrogen (secondary N) is 1. The summed E-state index contributed by atoms with van der Waals surface area (Å²) in [6.07, 6.45) is -0.574. The Morgan fingerprint density at radius 3 is 2.48 bits per heavy atom. The fourth-order valence-corrected chi connectivity index (χ4v) is 3.52. The topological polar surface area (TPSA) is 72.1 Å². The molecular weight excluding hydrogens is 360 g/mol. The fourth-order valence-electron chi connectivity index (χ4n) is 2.84. The maximum atomic E-state index is 12.7. The molecule has 0 saturated heterocycles. The number of nitrogens with zero attached hydrogens (tertiary/aromatic N) is 1. The molecule has 6 heteroatoms. The third kappa shape index (κ3) is 3.39. The van der Waals surface area contributed by atoms with E-state index in [4.69, 9.17) is 4.74 Å². The number of carbonyl (C=O) groups is 2. The first-order valence-electron chi connectivity index (χ1n) is 8.46. The number of ketones is 1. The number of para-hydroxylation sites is 2. The molecule has 0 amide bonds. The van der Waals surface area contributed by atoms with E-state index in [1.165, 1.54) is 11.3 Å². The highest BCUT2D eigenvalue weighted by molar-refractivity contribution is 7.12. The van der Waals surface area contributed by atoms with Crippen LogP contribution < -0.4 is 0 Å². The van der Waals surface area contributed by atoms with Crippen molar-refractivity contribution in [3.8, 4) is 0 Å². The number of thiophene rings is 1. The number of rotatable bonds is 5. The Morgan fingerprint density at radius 2 is 1.74 bits per heavy atom. The van der Waals surface area contributed by atoms with Crippen LogP contribution in [0.2, 0.25) is 0 Å². The molecule has 134 valence electrons. The average Bonchev–Trinajstić information content (AvgIpc) is 3.37. The number of carbonyl (C=O) groups excluding carboxylic acids is 2. The van der Waals surface area contributed by atoms with Gasteiger partial charge < -0.3 is 9.72 Å². The smallest absolute Gasteiger partial charge is 0.339 e.